The minimum atomic E-state index is -0.156. The van der Waals surface area contributed by atoms with E-state index in [2.05, 4.69) is 17.0 Å². The molecule has 0 bridgehead atoms. The highest BCUT2D eigenvalue weighted by Gasteiger charge is 2.15. The van der Waals surface area contributed by atoms with Gasteiger partial charge in [-0.25, -0.2) is 0 Å². The van der Waals surface area contributed by atoms with E-state index in [4.69, 9.17) is 16.3 Å². The van der Waals surface area contributed by atoms with Crippen molar-refractivity contribution in [1.29, 1.82) is 0 Å². The lowest BCUT2D eigenvalue weighted by atomic mass is 9.88. The summed E-state index contributed by atoms with van der Waals surface area (Å²) in [6, 6.07) is 22.9. The SMILES string of the molecule is CN(C)CCOc1ccc(/C(=C(/CCCl)c2ccccc2)c2ccc(O)c(O)c2)cc1. The van der Waals surface area contributed by atoms with E-state index >= 15 is 0 Å². The molecule has 0 aromatic heterocycles. The number of rotatable bonds is 9. The zero-order valence-corrected chi connectivity index (χ0v) is 18.6. The quantitative estimate of drug-likeness (QED) is 0.259. The molecule has 3 aromatic rings. The maximum Gasteiger partial charge on any atom is 0.158 e. The molecule has 5 heteroatoms. The van der Waals surface area contributed by atoms with Gasteiger partial charge in [0.05, 0.1) is 0 Å². The first-order valence-electron chi connectivity index (χ1n) is 10.2. The average molecular weight is 438 g/mol. The van der Waals surface area contributed by atoms with Crippen molar-refractivity contribution in [1.82, 2.24) is 4.90 Å². The Hall–Kier alpha value is -2.95. The van der Waals surface area contributed by atoms with Crippen LogP contribution in [0.15, 0.2) is 72.8 Å². The van der Waals surface area contributed by atoms with E-state index in [0.29, 0.717) is 18.9 Å². The van der Waals surface area contributed by atoms with Crippen LogP contribution in [0.1, 0.15) is 23.1 Å². The van der Waals surface area contributed by atoms with Crippen LogP contribution < -0.4 is 4.74 Å². The molecule has 0 radical (unpaired) electrons. The number of halogens is 1. The molecule has 0 aliphatic rings. The predicted molar refractivity (Wildman–Crippen MR) is 128 cm³/mol. The number of hydrogen-bond acceptors (Lipinski definition) is 4. The van der Waals surface area contributed by atoms with E-state index in [1.165, 1.54) is 6.07 Å². The van der Waals surface area contributed by atoms with Crippen LogP contribution in [0.3, 0.4) is 0 Å². The van der Waals surface area contributed by atoms with E-state index < -0.39 is 0 Å². The Kier molecular flexibility index (Phi) is 7.99. The summed E-state index contributed by atoms with van der Waals surface area (Å²) in [6.45, 7) is 1.45. The molecule has 0 amide bonds. The molecule has 4 nitrogen and oxygen atoms in total. The Balaban J connectivity index is 2.08. The molecular weight excluding hydrogens is 410 g/mol. The van der Waals surface area contributed by atoms with Gasteiger partial charge in [-0.15, -0.1) is 11.6 Å². The van der Waals surface area contributed by atoms with E-state index in [1.807, 2.05) is 62.6 Å². The molecule has 0 unspecified atom stereocenters. The van der Waals surface area contributed by atoms with E-state index in [0.717, 1.165) is 40.1 Å². The second-order valence-corrected chi connectivity index (χ2v) is 7.92. The minimum Gasteiger partial charge on any atom is -0.504 e. The van der Waals surface area contributed by atoms with Crippen molar-refractivity contribution in [2.45, 2.75) is 6.42 Å². The molecular formula is C26H28ClNO3. The summed E-state index contributed by atoms with van der Waals surface area (Å²) in [5.74, 6) is 0.962. The van der Waals surface area contributed by atoms with Crippen LogP contribution in [0.25, 0.3) is 11.1 Å². The first-order valence-corrected chi connectivity index (χ1v) is 10.8. The van der Waals surface area contributed by atoms with Gasteiger partial charge in [0.15, 0.2) is 11.5 Å². The van der Waals surface area contributed by atoms with Gasteiger partial charge in [-0.1, -0.05) is 48.5 Å². The smallest absolute Gasteiger partial charge is 0.158 e. The van der Waals surface area contributed by atoms with Crippen LogP contribution in [-0.4, -0.2) is 48.2 Å². The van der Waals surface area contributed by atoms with Gasteiger partial charge in [-0.2, -0.15) is 0 Å². The molecule has 0 spiro atoms. The summed E-state index contributed by atoms with van der Waals surface area (Å²) in [6.07, 6.45) is 0.656. The first kappa shape index (κ1) is 22.7. The average Bonchev–Trinajstić information content (AvgIpc) is 2.77. The normalized spacial score (nSPS) is 12.0. The Labute approximate surface area is 189 Å². The van der Waals surface area contributed by atoms with Crippen LogP contribution in [0.5, 0.6) is 17.2 Å². The highest BCUT2D eigenvalue weighted by molar-refractivity contribution is 6.18. The van der Waals surface area contributed by atoms with Crippen molar-refractivity contribution in [2.24, 2.45) is 0 Å². The van der Waals surface area contributed by atoms with E-state index in [-0.39, 0.29) is 11.5 Å². The van der Waals surface area contributed by atoms with Crippen LogP contribution in [-0.2, 0) is 0 Å². The van der Waals surface area contributed by atoms with Crippen molar-refractivity contribution in [3.63, 3.8) is 0 Å². The van der Waals surface area contributed by atoms with Crippen molar-refractivity contribution in [3.8, 4) is 17.2 Å². The van der Waals surface area contributed by atoms with Gasteiger partial charge in [0.1, 0.15) is 12.4 Å². The second-order valence-electron chi connectivity index (χ2n) is 7.54. The molecule has 0 saturated heterocycles. The molecule has 0 atom stereocenters. The Morgan fingerprint density at radius 3 is 2.13 bits per heavy atom. The number of hydrogen-bond donors (Lipinski definition) is 2. The molecule has 0 saturated carbocycles. The number of allylic oxidation sites excluding steroid dienone is 1. The molecule has 0 aliphatic heterocycles. The lowest BCUT2D eigenvalue weighted by molar-refractivity contribution is 0.261. The topological polar surface area (TPSA) is 52.9 Å². The van der Waals surface area contributed by atoms with Crippen molar-refractivity contribution < 1.29 is 14.9 Å². The minimum absolute atomic E-state index is 0.147. The highest BCUT2D eigenvalue weighted by Crippen LogP contribution is 2.38. The fraction of sp³-hybridized carbons (Fsp3) is 0.231. The summed E-state index contributed by atoms with van der Waals surface area (Å²) in [5.41, 5.74) is 4.88. The van der Waals surface area contributed by atoms with Crippen molar-refractivity contribution in [2.75, 3.05) is 33.1 Å². The van der Waals surface area contributed by atoms with E-state index in [9.17, 15) is 10.2 Å². The third kappa shape index (κ3) is 6.03. The molecule has 2 N–H and O–H groups in total. The van der Waals surface area contributed by atoms with Gasteiger partial charge in [-0.3, -0.25) is 0 Å². The van der Waals surface area contributed by atoms with Gasteiger partial charge in [-0.05, 0) is 72.6 Å². The zero-order valence-electron chi connectivity index (χ0n) is 17.9. The maximum absolute atomic E-state index is 10.1. The largest absolute Gasteiger partial charge is 0.504 e. The third-order valence-corrected chi connectivity index (χ3v) is 5.17. The number of aromatic hydroxyl groups is 2. The standard InChI is InChI=1S/C26H28ClNO3/c1-28(2)16-17-31-22-11-8-20(9-12-22)26(21-10-13-24(29)25(30)18-21)23(14-15-27)19-6-4-3-5-7-19/h3-13,18,29-30H,14-17H2,1-2H3/b26-23+. The summed E-state index contributed by atoms with van der Waals surface area (Å²) < 4.78 is 5.83. The number of alkyl halides is 1. The van der Waals surface area contributed by atoms with Gasteiger partial charge in [0, 0.05) is 12.4 Å². The van der Waals surface area contributed by atoms with Crippen LogP contribution >= 0.6 is 11.6 Å². The highest BCUT2D eigenvalue weighted by atomic mass is 35.5. The summed E-state index contributed by atoms with van der Waals surface area (Å²) in [7, 11) is 4.02. The number of likely N-dealkylation sites (N-methyl/N-ethyl adjacent to an activating group) is 1. The van der Waals surface area contributed by atoms with Crippen molar-refractivity contribution in [3.05, 3.63) is 89.5 Å². The summed E-state index contributed by atoms with van der Waals surface area (Å²) >= 11 is 6.18. The van der Waals surface area contributed by atoms with Gasteiger partial charge >= 0.3 is 0 Å². The number of phenols is 2. The maximum atomic E-state index is 10.1. The van der Waals surface area contributed by atoms with E-state index in [1.54, 1.807) is 6.07 Å². The predicted octanol–water partition coefficient (Wildman–Crippen LogP) is 5.63. The molecule has 3 rings (SSSR count). The lowest BCUT2D eigenvalue weighted by Gasteiger charge is -2.18. The Morgan fingerprint density at radius 1 is 0.839 bits per heavy atom. The number of phenolic OH excluding ortho intramolecular Hbond substituents is 2. The van der Waals surface area contributed by atoms with Crippen LogP contribution in [0, 0.1) is 0 Å². The molecule has 0 fully saturated rings. The van der Waals surface area contributed by atoms with Crippen molar-refractivity contribution >= 4 is 22.7 Å². The Bertz CT molecular complexity index is 1010. The third-order valence-electron chi connectivity index (χ3n) is 4.98. The molecule has 31 heavy (non-hydrogen) atoms. The summed E-state index contributed by atoms with van der Waals surface area (Å²) in [4.78, 5) is 2.07. The first-order chi connectivity index (χ1) is 15.0. The fourth-order valence-electron chi connectivity index (χ4n) is 3.41. The molecule has 162 valence electrons. The second kappa shape index (κ2) is 10.9. The van der Waals surface area contributed by atoms with Gasteiger partial charge in [0.25, 0.3) is 0 Å². The molecule has 0 aliphatic carbocycles. The van der Waals surface area contributed by atoms with Crippen LogP contribution in [0.2, 0.25) is 0 Å². The zero-order chi connectivity index (χ0) is 22.2. The lowest BCUT2D eigenvalue weighted by Crippen LogP contribution is -2.19. The molecule has 0 heterocycles. The van der Waals surface area contributed by atoms with Gasteiger partial charge < -0.3 is 19.8 Å². The number of nitrogens with zero attached hydrogens (tertiary/aromatic N) is 1. The van der Waals surface area contributed by atoms with Crippen LogP contribution in [0.4, 0.5) is 0 Å². The number of benzene rings is 3. The monoisotopic (exact) mass is 437 g/mol. The fourth-order valence-corrected chi connectivity index (χ4v) is 3.59. The summed E-state index contributed by atoms with van der Waals surface area (Å²) in [5, 5.41) is 19.9. The molecule has 3 aromatic carbocycles. The number of ether oxygens (including phenoxy) is 1. The van der Waals surface area contributed by atoms with Gasteiger partial charge in [0.2, 0.25) is 0 Å². The Morgan fingerprint density at radius 2 is 1.52 bits per heavy atom.